The van der Waals surface area contributed by atoms with Crippen LogP contribution in [0.1, 0.15) is 64.7 Å². The van der Waals surface area contributed by atoms with Crippen LogP contribution in [0.3, 0.4) is 0 Å². The van der Waals surface area contributed by atoms with Crippen molar-refractivity contribution in [2.24, 2.45) is 11.8 Å². The third-order valence-corrected chi connectivity index (χ3v) is 4.56. The van der Waals surface area contributed by atoms with Gasteiger partial charge in [0.1, 0.15) is 5.78 Å². The first-order chi connectivity index (χ1) is 11.0. The standard InChI is InChI=1S/C18H30O5/c1-2-3-4-7-13(19)10-11-15-14(16(20)12-17(15)21)8-5-6-9-18(22)23/h10-11,13-16,19-20H,2-9,12H2,1H3,(H,22,23)/b11-10+/t13-,14-,15+,16-/m0/s1. The molecule has 5 heteroatoms. The number of ketones is 1. The van der Waals surface area contributed by atoms with E-state index in [1.807, 2.05) is 0 Å². The Bertz CT molecular complexity index is 404. The Morgan fingerprint density at radius 2 is 2.04 bits per heavy atom. The van der Waals surface area contributed by atoms with Crippen molar-refractivity contribution in [2.45, 2.75) is 76.9 Å². The van der Waals surface area contributed by atoms with Gasteiger partial charge in [0.25, 0.3) is 0 Å². The van der Waals surface area contributed by atoms with E-state index in [4.69, 9.17) is 5.11 Å². The van der Waals surface area contributed by atoms with E-state index in [0.29, 0.717) is 25.7 Å². The Hall–Kier alpha value is -1.20. The maximum absolute atomic E-state index is 12.0. The number of hydrogen-bond donors (Lipinski definition) is 3. The van der Waals surface area contributed by atoms with Crippen LogP contribution >= 0.6 is 0 Å². The smallest absolute Gasteiger partial charge is 0.303 e. The molecule has 0 spiro atoms. The van der Waals surface area contributed by atoms with E-state index in [0.717, 1.165) is 19.3 Å². The fourth-order valence-corrected chi connectivity index (χ4v) is 3.20. The molecular formula is C18H30O5. The number of hydrogen-bond acceptors (Lipinski definition) is 4. The summed E-state index contributed by atoms with van der Waals surface area (Å²) in [5.41, 5.74) is 0. The minimum absolute atomic E-state index is 0.0118. The summed E-state index contributed by atoms with van der Waals surface area (Å²) in [7, 11) is 0. The number of carbonyl (C=O) groups excluding carboxylic acids is 1. The molecule has 0 heterocycles. The number of carboxylic acid groups (broad SMARTS) is 1. The highest BCUT2D eigenvalue weighted by Gasteiger charge is 2.39. The van der Waals surface area contributed by atoms with Crippen LogP contribution in [0.5, 0.6) is 0 Å². The van der Waals surface area contributed by atoms with Gasteiger partial charge >= 0.3 is 5.97 Å². The first-order valence-electron chi connectivity index (χ1n) is 8.74. The molecule has 0 bridgehead atoms. The van der Waals surface area contributed by atoms with Gasteiger partial charge < -0.3 is 15.3 Å². The fourth-order valence-electron chi connectivity index (χ4n) is 3.20. The molecule has 0 aromatic rings. The van der Waals surface area contributed by atoms with Gasteiger partial charge in [-0.3, -0.25) is 9.59 Å². The molecule has 3 N–H and O–H groups in total. The van der Waals surface area contributed by atoms with Crippen molar-refractivity contribution < 1.29 is 24.9 Å². The molecule has 1 fully saturated rings. The Morgan fingerprint density at radius 1 is 1.30 bits per heavy atom. The van der Waals surface area contributed by atoms with Crippen molar-refractivity contribution in [2.75, 3.05) is 0 Å². The van der Waals surface area contributed by atoms with Gasteiger partial charge in [-0.25, -0.2) is 0 Å². The molecule has 0 aromatic heterocycles. The van der Waals surface area contributed by atoms with Crippen molar-refractivity contribution in [3.63, 3.8) is 0 Å². The van der Waals surface area contributed by atoms with E-state index in [1.165, 1.54) is 0 Å². The first kappa shape index (κ1) is 19.8. The van der Waals surface area contributed by atoms with Crippen LogP contribution in [-0.4, -0.2) is 39.3 Å². The van der Waals surface area contributed by atoms with E-state index >= 15 is 0 Å². The Balaban J connectivity index is 2.48. The van der Waals surface area contributed by atoms with Gasteiger partial charge in [0.05, 0.1) is 12.2 Å². The molecule has 0 amide bonds. The zero-order chi connectivity index (χ0) is 17.2. The second-order valence-corrected chi connectivity index (χ2v) is 6.51. The Kier molecular flexibility index (Phi) is 9.10. The van der Waals surface area contributed by atoms with Gasteiger partial charge in [0, 0.05) is 18.8 Å². The maximum atomic E-state index is 12.0. The lowest BCUT2D eigenvalue weighted by Gasteiger charge is -2.18. The van der Waals surface area contributed by atoms with Crippen LogP contribution < -0.4 is 0 Å². The van der Waals surface area contributed by atoms with E-state index < -0.39 is 18.2 Å². The third-order valence-electron chi connectivity index (χ3n) is 4.56. The number of rotatable bonds is 11. The minimum Gasteiger partial charge on any atom is -0.481 e. The van der Waals surface area contributed by atoms with Gasteiger partial charge in [0.2, 0.25) is 0 Å². The zero-order valence-electron chi connectivity index (χ0n) is 14.0. The van der Waals surface area contributed by atoms with Gasteiger partial charge in [-0.15, -0.1) is 0 Å². The summed E-state index contributed by atoms with van der Waals surface area (Å²) < 4.78 is 0. The number of unbranched alkanes of at least 4 members (excludes halogenated alkanes) is 3. The predicted octanol–water partition coefficient (Wildman–Crippen LogP) is 2.69. The molecule has 0 saturated heterocycles. The van der Waals surface area contributed by atoms with Crippen LogP contribution in [0.4, 0.5) is 0 Å². The molecular weight excluding hydrogens is 296 g/mol. The van der Waals surface area contributed by atoms with E-state index in [9.17, 15) is 19.8 Å². The molecule has 0 aliphatic heterocycles. The largest absolute Gasteiger partial charge is 0.481 e. The molecule has 0 radical (unpaired) electrons. The normalized spacial score (nSPS) is 26.0. The number of aliphatic carboxylic acids is 1. The topological polar surface area (TPSA) is 94.8 Å². The maximum Gasteiger partial charge on any atom is 0.303 e. The van der Waals surface area contributed by atoms with Gasteiger partial charge in [-0.05, 0) is 25.2 Å². The average molecular weight is 326 g/mol. The van der Waals surface area contributed by atoms with Crippen molar-refractivity contribution in [1.82, 2.24) is 0 Å². The number of carbonyl (C=O) groups is 2. The summed E-state index contributed by atoms with van der Waals surface area (Å²) in [5, 5.41) is 28.6. The third kappa shape index (κ3) is 7.27. The quantitative estimate of drug-likeness (QED) is 0.401. The summed E-state index contributed by atoms with van der Waals surface area (Å²) >= 11 is 0. The van der Waals surface area contributed by atoms with Gasteiger partial charge in [-0.1, -0.05) is 44.8 Å². The van der Waals surface area contributed by atoms with E-state index in [1.54, 1.807) is 12.2 Å². The van der Waals surface area contributed by atoms with Crippen molar-refractivity contribution in [1.29, 1.82) is 0 Å². The highest BCUT2D eigenvalue weighted by molar-refractivity contribution is 5.85. The van der Waals surface area contributed by atoms with Crippen LogP contribution in [0.15, 0.2) is 12.2 Å². The summed E-state index contributed by atoms with van der Waals surface area (Å²) in [6.45, 7) is 2.11. The molecule has 132 valence electrons. The van der Waals surface area contributed by atoms with Crippen LogP contribution in [0, 0.1) is 11.8 Å². The second kappa shape index (κ2) is 10.6. The molecule has 1 aliphatic carbocycles. The summed E-state index contributed by atoms with van der Waals surface area (Å²) in [6.07, 6.45) is 8.22. The minimum atomic E-state index is -0.820. The molecule has 4 atom stereocenters. The monoisotopic (exact) mass is 326 g/mol. The predicted molar refractivity (Wildman–Crippen MR) is 88.0 cm³/mol. The molecule has 1 saturated carbocycles. The SMILES string of the molecule is CCCCC[C@H](O)/C=C/[C@H]1C(=O)C[C@H](O)[C@H]1CCCCC(=O)O. The number of Topliss-reactive ketones (excluding diaryl/α,β-unsaturated/α-hetero) is 1. The first-order valence-corrected chi connectivity index (χ1v) is 8.74. The highest BCUT2D eigenvalue weighted by Crippen LogP contribution is 2.34. The summed E-state index contributed by atoms with van der Waals surface area (Å²) in [5.74, 6) is -1.32. The van der Waals surface area contributed by atoms with Crippen LogP contribution in [-0.2, 0) is 9.59 Å². The number of carboxylic acids is 1. The van der Waals surface area contributed by atoms with Crippen molar-refractivity contribution in [3.05, 3.63) is 12.2 Å². The van der Waals surface area contributed by atoms with Crippen LogP contribution in [0.25, 0.3) is 0 Å². The van der Waals surface area contributed by atoms with Crippen molar-refractivity contribution >= 4 is 11.8 Å². The van der Waals surface area contributed by atoms with Gasteiger partial charge in [0.15, 0.2) is 0 Å². The van der Waals surface area contributed by atoms with Crippen molar-refractivity contribution in [3.8, 4) is 0 Å². The van der Waals surface area contributed by atoms with Gasteiger partial charge in [-0.2, -0.15) is 0 Å². The number of aliphatic hydroxyl groups is 2. The molecule has 0 unspecified atom stereocenters. The van der Waals surface area contributed by atoms with E-state index in [2.05, 4.69) is 6.92 Å². The molecule has 23 heavy (non-hydrogen) atoms. The number of aliphatic hydroxyl groups excluding tert-OH is 2. The molecule has 1 aliphatic rings. The lowest BCUT2D eigenvalue weighted by atomic mass is 9.88. The average Bonchev–Trinajstić information content (AvgIpc) is 2.75. The molecule has 5 nitrogen and oxygen atoms in total. The molecule has 0 aromatic carbocycles. The lowest BCUT2D eigenvalue weighted by molar-refractivity contribution is -0.137. The summed E-state index contributed by atoms with van der Waals surface area (Å²) in [6, 6.07) is 0. The fraction of sp³-hybridized carbons (Fsp3) is 0.778. The number of allylic oxidation sites excluding steroid dienone is 1. The second-order valence-electron chi connectivity index (χ2n) is 6.51. The lowest BCUT2D eigenvalue weighted by Crippen LogP contribution is -2.19. The van der Waals surface area contributed by atoms with Crippen LogP contribution in [0.2, 0.25) is 0 Å². The van der Waals surface area contributed by atoms with E-state index in [-0.39, 0.29) is 30.5 Å². The zero-order valence-corrected chi connectivity index (χ0v) is 14.0. The highest BCUT2D eigenvalue weighted by atomic mass is 16.4. The summed E-state index contributed by atoms with van der Waals surface area (Å²) in [4.78, 5) is 22.5. The Morgan fingerprint density at radius 3 is 2.70 bits per heavy atom. The Labute approximate surface area is 138 Å². The molecule has 1 rings (SSSR count).